The van der Waals surface area contributed by atoms with Crippen molar-refractivity contribution in [2.45, 2.75) is 0 Å². The number of anilines is 5. The Bertz CT molecular complexity index is 1360. The second-order valence-corrected chi connectivity index (χ2v) is 6.70. The van der Waals surface area contributed by atoms with Gasteiger partial charge in [0, 0.05) is 36.9 Å². The van der Waals surface area contributed by atoms with E-state index in [0.29, 0.717) is 28.3 Å². The summed E-state index contributed by atoms with van der Waals surface area (Å²) in [7, 11) is 1.00. The highest BCUT2D eigenvalue weighted by Gasteiger charge is 2.13. The van der Waals surface area contributed by atoms with E-state index in [2.05, 4.69) is 26.7 Å². The third kappa shape index (κ3) is 7.81. The molecule has 0 aliphatic heterocycles. The zero-order chi connectivity index (χ0) is 26.3. The number of nitrogens with two attached hydrogens (primary N) is 1. The minimum absolute atomic E-state index is 0.0955. The minimum atomic E-state index is -0.501. The number of aromatic nitrogens is 2. The van der Waals surface area contributed by atoms with Gasteiger partial charge in [-0.1, -0.05) is 0 Å². The molecule has 0 saturated carbocycles. The summed E-state index contributed by atoms with van der Waals surface area (Å²) in [5.74, 6) is 0.791. The Labute approximate surface area is 207 Å². The van der Waals surface area contributed by atoms with Crippen LogP contribution in [0.3, 0.4) is 0 Å². The molecule has 4 aromatic rings. The molecular weight excluding hydrogens is 460 g/mol. The number of benzene rings is 2. The quantitative estimate of drug-likeness (QED) is 0.233. The van der Waals surface area contributed by atoms with E-state index in [9.17, 15) is 10.1 Å². The smallest absolute Gasteiger partial charge is 0.311 e. The Kier molecular flexibility index (Phi) is 10.3. The summed E-state index contributed by atoms with van der Waals surface area (Å²) in [6.45, 7) is 0. The normalized spacial score (nSPS) is 9.11. The van der Waals surface area contributed by atoms with Crippen LogP contribution in [0.1, 0.15) is 11.1 Å². The topological polar surface area (TPSA) is 187 Å². The molecule has 11 heteroatoms. The van der Waals surface area contributed by atoms with E-state index < -0.39 is 4.92 Å². The molecule has 0 fully saturated rings. The van der Waals surface area contributed by atoms with Crippen LogP contribution in [0, 0.1) is 32.8 Å². The first kappa shape index (κ1) is 26.7. The van der Waals surface area contributed by atoms with Crippen molar-refractivity contribution in [1.29, 1.82) is 10.5 Å². The third-order valence-electron chi connectivity index (χ3n) is 4.38. The molecule has 11 nitrogen and oxygen atoms in total. The molecule has 0 aliphatic rings. The van der Waals surface area contributed by atoms with Gasteiger partial charge in [0.2, 0.25) is 5.82 Å². The standard InChI is InChI=1S/C12H8N4O2.C12H10N4.CH4O/c13-8-9-3-5-10(6-4-9)15-12-11(16(17)18)2-1-7-14-12;13-8-9-3-5-10(6-4-9)16-12-11(14)2-1-7-15-12;1-2/h1-7H,(H,14,15);1-7H,14H2,(H,15,16);2H,1H3. The summed E-state index contributed by atoms with van der Waals surface area (Å²) in [6, 6.07) is 24.2. The summed E-state index contributed by atoms with van der Waals surface area (Å²) in [6.07, 6.45) is 3.14. The summed E-state index contributed by atoms with van der Waals surface area (Å²) in [5.41, 5.74) is 8.88. The van der Waals surface area contributed by atoms with Gasteiger partial charge in [0.15, 0.2) is 5.82 Å². The van der Waals surface area contributed by atoms with Gasteiger partial charge in [-0.25, -0.2) is 9.97 Å². The van der Waals surface area contributed by atoms with Crippen molar-refractivity contribution < 1.29 is 10.0 Å². The SMILES string of the molecule is CO.N#Cc1ccc(Nc2ncccc2N)cc1.N#Cc1ccc(Nc2ncccc2[N+](=O)[O-])cc1. The van der Waals surface area contributed by atoms with Crippen molar-refractivity contribution in [1.82, 2.24) is 9.97 Å². The molecule has 0 bridgehead atoms. The second kappa shape index (κ2) is 13.9. The van der Waals surface area contributed by atoms with Gasteiger partial charge in [-0.3, -0.25) is 10.1 Å². The molecule has 0 radical (unpaired) electrons. The van der Waals surface area contributed by atoms with E-state index in [1.54, 1.807) is 54.7 Å². The predicted octanol–water partition coefficient (Wildman–Crippen LogP) is 4.49. The zero-order valence-electron chi connectivity index (χ0n) is 19.2. The van der Waals surface area contributed by atoms with Crippen LogP contribution in [-0.2, 0) is 0 Å². The van der Waals surface area contributed by atoms with Crippen LogP contribution in [0.15, 0.2) is 85.2 Å². The van der Waals surface area contributed by atoms with Gasteiger partial charge in [-0.15, -0.1) is 0 Å². The number of hydrogen-bond acceptors (Lipinski definition) is 10. The van der Waals surface area contributed by atoms with E-state index >= 15 is 0 Å². The second-order valence-electron chi connectivity index (χ2n) is 6.70. The number of nitrogens with one attached hydrogen (secondary N) is 2. The summed E-state index contributed by atoms with van der Waals surface area (Å²) >= 11 is 0. The lowest BCUT2D eigenvalue weighted by atomic mass is 10.2. The number of nitriles is 2. The first-order valence-electron chi connectivity index (χ1n) is 10.3. The van der Waals surface area contributed by atoms with Crippen LogP contribution in [0.25, 0.3) is 0 Å². The van der Waals surface area contributed by atoms with Crippen molar-refractivity contribution in [3.63, 3.8) is 0 Å². The van der Waals surface area contributed by atoms with E-state index in [1.807, 2.05) is 18.2 Å². The molecule has 4 rings (SSSR count). The maximum atomic E-state index is 10.8. The van der Waals surface area contributed by atoms with Gasteiger partial charge in [0.25, 0.3) is 0 Å². The maximum absolute atomic E-state index is 10.8. The van der Waals surface area contributed by atoms with Crippen LogP contribution in [0.4, 0.5) is 34.4 Å². The molecule has 0 saturated heterocycles. The first-order valence-corrected chi connectivity index (χ1v) is 10.3. The van der Waals surface area contributed by atoms with Crippen LogP contribution in [-0.4, -0.2) is 27.1 Å². The van der Waals surface area contributed by atoms with Gasteiger partial charge in [-0.2, -0.15) is 10.5 Å². The van der Waals surface area contributed by atoms with Crippen molar-refractivity contribution in [3.05, 3.63) is 106 Å². The van der Waals surface area contributed by atoms with E-state index in [-0.39, 0.29) is 11.5 Å². The average molecular weight is 483 g/mol. The lowest BCUT2D eigenvalue weighted by molar-refractivity contribution is -0.384. The molecule has 2 heterocycles. The Hall–Kier alpha value is -5.52. The minimum Gasteiger partial charge on any atom is -0.400 e. The summed E-state index contributed by atoms with van der Waals surface area (Å²) < 4.78 is 0. The molecule has 0 atom stereocenters. The number of aliphatic hydroxyl groups excluding tert-OH is 1. The Balaban J connectivity index is 0.000000239. The van der Waals surface area contributed by atoms with Gasteiger partial charge < -0.3 is 21.5 Å². The first-order chi connectivity index (χ1) is 17.5. The van der Waals surface area contributed by atoms with Gasteiger partial charge in [0.1, 0.15) is 0 Å². The van der Waals surface area contributed by atoms with Crippen molar-refractivity contribution in [2.75, 3.05) is 23.5 Å². The number of aliphatic hydroxyl groups is 1. The highest BCUT2D eigenvalue weighted by Crippen LogP contribution is 2.24. The lowest BCUT2D eigenvalue weighted by Crippen LogP contribution is -1.99. The maximum Gasteiger partial charge on any atom is 0.311 e. The molecule has 36 heavy (non-hydrogen) atoms. The fourth-order valence-electron chi connectivity index (χ4n) is 2.69. The summed E-state index contributed by atoms with van der Waals surface area (Å²) in [5, 5.41) is 41.0. The molecule has 180 valence electrons. The molecule has 2 aromatic carbocycles. The third-order valence-corrected chi connectivity index (χ3v) is 4.38. The lowest BCUT2D eigenvalue weighted by Gasteiger charge is -2.07. The number of pyridine rings is 2. The van der Waals surface area contributed by atoms with Crippen LogP contribution < -0.4 is 16.4 Å². The number of nitrogen functional groups attached to an aromatic ring is 1. The molecule has 0 amide bonds. The Morgan fingerprint density at radius 1 is 0.806 bits per heavy atom. The van der Waals surface area contributed by atoms with Gasteiger partial charge in [-0.05, 0) is 66.7 Å². The monoisotopic (exact) mass is 482 g/mol. The number of hydrogen-bond donors (Lipinski definition) is 4. The van der Waals surface area contributed by atoms with E-state index in [4.69, 9.17) is 21.4 Å². The van der Waals surface area contributed by atoms with Crippen molar-refractivity contribution >= 4 is 34.4 Å². The fraction of sp³-hybridized carbons (Fsp3) is 0.0400. The molecular formula is C25H22N8O3. The highest BCUT2D eigenvalue weighted by atomic mass is 16.6. The van der Waals surface area contributed by atoms with Crippen LogP contribution in [0.5, 0.6) is 0 Å². The molecule has 0 spiro atoms. The molecule has 0 unspecified atom stereocenters. The largest absolute Gasteiger partial charge is 0.400 e. The van der Waals surface area contributed by atoms with E-state index in [0.717, 1.165) is 12.8 Å². The highest BCUT2D eigenvalue weighted by molar-refractivity contribution is 5.68. The fourth-order valence-corrected chi connectivity index (χ4v) is 2.69. The molecule has 0 aliphatic carbocycles. The molecule has 2 aromatic heterocycles. The van der Waals surface area contributed by atoms with Gasteiger partial charge in [0.05, 0.1) is 33.9 Å². The molecule has 5 N–H and O–H groups in total. The average Bonchev–Trinajstić information content (AvgIpc) is 2.92. The van der Waals surface area contributed by atoms with E-state index in [1.165, 1.54) is 18.3 Å². The zero-order valence-corrected chi connectivity index (χ0v) is 19.2. The Morgan fingerprint density at radius 2 is 1.25 bits per heavy atom. The number of rotatable bonds is 5. The van der Waals surface area contributed by atoms with Crippen LogP contribution in [0.2, 0.25) is 0 Å². The summed E-state index contributed by atoms with van der Waals surface area (Å²) in [4.78, 5) is 18.3. The predicted molar refractivity (Wildman–Crippen MR) is 137 cm³/mol. The van der Waals surface area contributed by atoms with Crippen LogP contribution >= 0.6 is 0 Å². The van der Waals surface area contributed by atoms with Gasteiger partial charge >= 0.3 is 5.69 Å². The van der Waals surface area contributed by atoms with Crippen molar-refractivity contribution in [2.24, 2.45) is 0 Å². The Morgan fingerprint density at radius 3 is 1.69 bits per heavy atom. The number of nitrogens with zero attached hydrogens (tertiary/aromatic N) is 5. The van der Waals surface area contributed by atoms with Crippen molar-refractivity contribution in [3.8, 4) is 12.1 Å². The number of nitro groups is 1.